The predicted octanol–water partition coefficient (Wildman–Crippen LogP) is 1.85. The van der Waals surface area contributed by atoms with Crippen LogP contribution in [0.25, 0.3) is 11.1 Å². The fraction of sp³-hybridized carbons (Fsp3) is 0.188. The van der Waals surface area contributed by atoms with Crippen molar-refractivity contribution in [2.75, 3.05) is 0 Å². The summed E-state index contributed by atoms with van der Waals surface area (Å²) >= 11 is 0. The van der Waals surface area contributed by atoms with Crippen LogP contribution in [0.5, 0.6) is 0 Å². The van der Waals surface area contributed by atoms with Crippen molar-refractivity contribution in [1.29, 1.82) is 0 Å². The zero-order valence-electron chi connectivity index (χ0n) is 11.8. The monoisotopic (exact) mass is 268 g/mol. The van der Waals surface area contributed by atoms with Crippen LogP contribution in [0.1, 0.15) is 28.4 Å². The molecule has 0 saturated carbocycles. The lowest BCUT2D eigenvalue weighted by molar-refractivity contribution is 0.101. The number of carbonyl (C=O) groups is 1. The Balaban J connectivity index is 2.62. The lowest BCUT2D eigenvalue weighted by Crippen LogP contribution is -2.29. The molecule has 0 unspecified atom stereocenters. The molecule has 0 atom stereocenters. The van der Waals surface area contributed by atoms with Crippen LogP contribution >= 0.6 is 0 Å². The van der Waals surface area contributed by atoms with Gasteiger partial charge in [-0.3, -0.25) is 4.79 Å². The molecule has 0 radical (unpaired) electrons. The fourth-order valence-electron chi connectivity index (χ4n) is 2.23. The highest BCUT2D eigenvalue weighted by atomic mass is 16.4. The summed E-state index contributed by atoms with van der Waals surface area (Å²) in [5.74, 6) is 0.0210. The van der Waals surface area contributed by atoms with Gasteiger partial charge in [-0.1, -0.05) is 24.3 Å². The molecule has 0 aliphatic carbocycles. The molecule has 20 heavy (non-hydrogen) atoms. The summed E-state index contributed by atoms with van der Waals surface area (Å²) in [6.45, 7) is 5.51. The van der Waals surface area contributed by atoms with Crippen LogP contribution in [0.2, 0.25) is 0 Å². The van der Waals surface area contributed by atoms with Crippen molar-refractivity contribution >= 4 is 18.4 Å². The van der Waals surface area contributed by atoms with Gasteiger partial charge in [-0.05, 0) is 60.6 Å². The van der Waals surface area contributed by atoms with Crippen LogP contribution in [0.4, 0.5) is 0 Å². The SMILES string of the molecule is CC(=O)c1cc(C)c(C)c(-c2cccc(B(O)O)c2)c1. The normalized spacial score (nSPS) is 10.4. The molecule has 0 spiro atoms. The number of ketones is 1. The fourth-order valence-corrected chi connectivity index (χ4v) is 2.23. The van der Waals surface area contributed by atoms with Gasteiger partial charge in [0.15, 0.2) is 5.78 Å². The van der Waals surface area contributed by atoms with E-state index in [1.54, 1.807) is 25.1 Å². The highest BCUT2D eigenvalue weighted by Crippen LogP contribution is 2.27. The van der Waals surface area contributed by atoms with Gasteiger partial charge in [-0.25, -0.2) is 0 Å². The average Bonchev–Trinajstić information content (AvgIpc) is 2.41. The second-order valence-electron chi connectivity index (χ2n) is 5.02. The predicted molar refractivity (Wildman–Crippen MR) is 81.2 cm³/mol. The summed E-state index contributed by atoms with van der Waals surface area (Å²) in [5.41, 5.74) is 5.05. The maximum atomic E-state index is 11.6. The molecular weight excluding hydrogens is 251 g/mol. The Labute approximate surface area is 119 Å². The summed E-state index contributed by atoms with van der Waals surface area (Å²) in [5, 5.41) is 18.5. The van der Waals surface area contributed by atoms with E-state index in [0.717, 1.165) is 22.3 Å². The number of hydrogen-bond donors (Lipinski definition) is 2. The Morgan fingerprint density at radius 2 is 1.80 bits per heavy atom. The highest BCUT2D eigenvalue weighted by molar-refractivity contribution is 6.58. The van der Waals surface area contributed by atoms with Crippen LogP contribution in [0, 0.1) is 13.8 Å². The van der Waals surface area contributed by atoms with Crippen LogP contribution in [0.3, 0.4) is 0 Å². The van der Waals surface area contributed by atoms with Crippen LogP contribution in [-0.2, 0) is 0 Å². The van der Waals surface area contributed by atoms with Gasteiger partial charge in [0, 0.05) is 5.56 Å². The van der Waals surface area contributed by atoms with Gasteiger partial charge in [-0.15, -0.1) is 0 Å². The summed E-state index contributed by atoms with van der Waals surface area (Å²) in [4.78, 5) is 11.6. The van der Waals surface area contributed by atoms with E-state index in [2.05, 4.69) is 0 Å². The number of rotatable bonds is 3. The van der Waals surface area contributed by atoms with Crippen LogP contribution in [-0.4, -0.2) is 22.9 Å². The summed E-state index contributed by atoms with van der Waals surface area (Å²) in [7, 11) is -1.49. The van der Waals surface area contributed by atoms with E-state index in [1.807, 2.05) is 32.0 Å². The third kappa shape index (κ3) is 2.81. The maximum absolute atomic E-state index is 11.6. The minimum Gasteiger partial charge on any atom is -0.423 e. The average molecular weight is 268 g/mol. The van der Waals surface area contributed by atoms with Gasteiger partial charge < -0.3 is 10.0 Å². The maximum Gasteiger partial charge on any atom is 0.488 e. The molecule has 0 bridgehead atoms. The zero-order valence-corrected chi connectivity index (χ0v) is 11.8. The van der Waals surface area contributed by atoms with Gasteiger partial charge in [0.1, 0.15) is 0 Å². The molecule has 2 aromatic carbocycles. The Morgan fingerprint density at radius 1 is 1.10 bits per heavy atom. The van der Waals surface area contributed by atoms with Gasteiger partial charge in [0.25, 0.3) is 0 Å². The second-order valence-corrected chi connectivity index (χ2v) is 5.02. The Morgan fingerprint density at radius 3 is 2.40 bits per heavy atom. The van der Waals surface area contributed by atoms with Crippen molar-refractivity contribution < 1.29 is 14.8 Å². The molecule has 3 nitrogen and oxygen atoms in total. The minimum atomic E-state index is -1.49. The van der Waals surface area contributed by atoms with Crippen molar-refractivity contribution in [3.8, 4) is 11.1 Å². The second kappa shape index (κ2) is 5.61. The van der Waals surface area contributed by atoms with Crippen molar-refractivity contribution in [3.63, 3.8) is 0 Å². The lowest BCUT2D eigenvalue weighted by atomic mass is 9.78. The molecule has 0 aliphatic heterocycles. The molecule has 4 heteroatoms. The third-order valence-corrected chi connectivity index (χ3v) is 3.57. The zero-order chi connectivity index (χ0) is 14.9. The number of carbonyl (C=O) groups excluding carboxylic acids is 1. The van der Waals surface area contributed by atoms with Crippen LogP contribution in [0.15, 0.2) is 36.4 Å². The summed E-state index contributed by atoms with van der Waals surface area (Å²) < 4.78 is 0. The van der Waals surface area contributed by atoms with E-state index in [-0.39, 0.29) is 5.78 Å². The van der Waals surface area contributed by atoms with E-state index in [4.69, 9.17) is 0 Å². The highest BCUT2D eigenvalue weighted by Gasteiger charge is 2.14. The molecule has 2 aromatic rings. The smallest absolute Gasteiger partial charge is 0.423 e. The largest absolute Gasteiger partial charge is 0.488 e. The molecule has 0 aromatic heterocycles. The van der Waals surface area contributed by atoms with Gasteiger partial charge >= 0.3 is 7.12 Å². The van der Waals surface area contributed by atoms with E-state index in [9.17, 15) is 14.8 Å². The Hall–Kier alpha value is -1.91. The molecule has 0 aliphatic rings. The molecule has 0 saturated heterocycles. The minimum absolute atomic E-state index is 0.0210. The first kappa shape index (κ1) is 14.5. The topological polar surface area (TPSA) is 57.5 Å². The van der Waals surface area contributed by atoms with Crippen molar-refractivity contribution in [1.82, 2.24) is 0 Å². The summed E-state index contributed by atoms with van der Waals surface area (Å²) in [6, 6.07) is 10.8. The van der Waals surface area contributed by atoms with Crippen molar-refractivity contribution in [3.05, 3.63) is 53.1 Å². The quantitative estimate of drug-likeness (QED) is 0.659. The van der Waals surface area contributed by atoms with Gasteiger partial charge in [-0.2, -0.15) is 0 Å². The van der Waals surface area contributed by atoms with Crippen molar-refractivity contribution in [2.24, 2.45) is 0 Å². The van der Waals surface area contributed by atoms with E-state index in [0.29, 0.717) is 11.0 Å². The first-order valence-corrected chi connectivity index (χ1v) is 6.49. The molecule has 102 valence electrons. The Bertz CT molecular complexity index is 663. The van der Waals surface area contributed by atoms with E-state index in [1.165, 1.54) is 0 Å². The lowest BCUT2D eigenvalue weighted by Gasteiger charge is -2.12. The molecule has 2 rings (SSSR count). The molecule has 0 fully saturated rings. The molecule has 0 amide bonds. The molecule has 0 heterocycles. The van der Waals surface area contributed by atoms with Crippen molar-refractivity contribution in [2.45, 2.75) is 20.8 Å². The van der Waals surface area contributed by atoms with Gasteiger partial charge in [0.05, 0.1) is 0 Å². The first-order valence-electron chi connectivity index (χ1n) is 6.49. The van der Waals surface area contributed by atoms with E-state index < -0.39 is 7.12 Å². The molecular formula is C16H17BO3. The molecule has 2 N–H and O–H groups in total. The standard InChI is InChI=1S/C16H17BO3/c1-10-7-14(12(3)18)9-16(11(10)2)13-5-4-6-15(8-13)17(19)20/h4-9,19-20H,1-3H3. The number of benzene rings is 2. The van der Waals surface area contributed by atoms with E-state index >= 15 is 0 Å². The number of aryl methyl sites for hydroxylation is 1. The summed E-state index contributed by atoms with van der Waals surface area (Å²) in [6.07, 6.45) is 0. The third-order valence-electron chi connectivity index (χ3n) is 3.57. The Kier molecular flexibility index (Phi) is 4.07. The van der Waals surface area contributed by atoms with Gasteiger partial charge in [0.2, 0.25) is 0 Å². The first-order chi connectivity index (χ1) is 9.40. The number of hydrogen-bond acceptors (Lipinski definition) is 3. The van der Waals surface area contributed by atoms with Crippen LogP contribution < -0.4 is 5.46 Å². The number of Topliss-reactive ketones (excluding diaryl/α,β-unsaturated/α-hetero) is 1.